The van der Waals surface area contributed by atoms with E-state index in [0.717, 1.165) is 32.3 Å². The molecular weight excluding hydrogens is 668 g/mol. The van der Waals surface area contributed by atoms with Crippen LogP contribution in [0.2, 0.25) is 0 Å². The molecule has 0 aliphatic carbocycles. The predicted molar refractivity (Wildman–Crippen MR) is 189 cm³/mol. The van der Waals surface area contributed by atoms with E-state index in [1.165, 1.54) is 0 Å². The zero-order valence-corrected chi connectivity index (χ0v) is 28.6. The lowest BCUT2D eigenvalue weighted by Gasteiger charge is -2.46. The van der Waals surface area contributed by atoms with E-state index in [9.17, 15) is 0 Å². The van der Waals surface area contributed by atoms with Gasteiger partial charge in [-0.05, 0) is 46.0 Å². The van der Waals surface area contributed by atoms with Gasteiger partial charge in [0.1, 0.15) is 36.3 Å². The first-order valence-electron chi connectivity index (χ1n) is 16.2. The van der Waals surface area contributed by atoms with E-state index < -0.39 is 30.5 Å². The summed E-state index contributed by atoms with van der Waals surface area (Å²) in [5.74, 6) is 0.714. The molecule has 5 unspecified atom stereocenters. The third-order valence-corrected chi connectivity index (χ3v) is 8.80. The summed E-state index contributed by atoms with van der Waals surface area (Å²) in [5, 5.41) is 0. The minimum atomic E-state index is -0.529. The van der Waals surface area contributed by atoms with Gasteiger partial charge in [0.25, 0.3) is 0 Å². The lowest BCUT2D eigenvalue weighted by Crippen LogP contribution is -2.58. The molecule has 1 saturated heterocycles. The van der Waals surface area contributed by atoms with Crippen LogP contribution in [0.1, 0.15) is 33.9 Å². The van der Waals surface area contributed by atoms with Crippen molar-refractivity contribution >= 4 is 15.9 Å². The number of hydrogen-bond acceptors (Lipinski definition) is 6. The molecule has 1 heterocycles. The molecule has 0 radical (unpaired) electrons. The molecule has 0 amide bonds. The van der Waals surface area contributed by atoms with Crippen molar-refractivity contribution in [3.05, 3.63) is 172 Å². The van der Waals surface area contributed by atoms with Crippen LogP contribution in [-0.2, 0) is 50.1 Å². The van der Waals surface area contributed by atoms with Gasteiger partial charge in [-0.15, -0.1) is 0 Å². The second-order valence-corrected chi connectivity index (χ2v) is 12.7. The van der Waals surface area contributed by atoms with E-state index in [1.54, 1.807) is 7.11 Å². The van der Waals surface area contributed by atoms with Gasteiger partial charge in [-0.1, -0.05) is 137 Å². The zero-order valence-electron chi connectivity index (χ0n) is 27.0. The molecule has 5 atom stereocenters. The second kappa shape index (κ2) is 17.5. The molecule has 7 heteroatoms. The van der Waals surface area contributed by atoms with Crippen molar-refractivity contribution in [1.29, 1.82) is 0 Å². The normalized spacial score (nSPS) is 20.8. The summed E-state index contributed by atoms with van der Waals surface area (Å²) < 4.78 is 40.4. The van der Waals surface area contributed by atoms with Gasteiger partial charge in [-0.2, -0.15) is 0 Å². The fourth-order valence-electron chi connectivity index (χ4n) is 5.92. The summed E-state index contributed by atoms with van der Waals surface area (Å²) in [4.78, 5) is 0. The molecule has 1 fully saturated rings. The highest BCUT2D eigenvalue weighted by atomic mass is 79.9. The molecule has 0 aromatic heterocycles. The first-order valence-corrected chi connectivity index (χ1v) is 17.0. The Bertz CT molecular complexity index is 1650. The van der Waals surface area contributed by atoms with E-state index in [1.807, 2.05) is 91.0 Å². The van der Waals surface area contributed by atoms with Crippen molar-refractivity contribution in [2.75, 3.05) is 13.7 Å². The van der Waals surface area contributed by atoms with E-state index in [2.05, 4.69) is 64.5 Å². The van der Waals surface area contributed by atoms with Crippen LogP contribution in [0, 0.1) is 0 Å². The average molecular weight is 710 g/mol. The van der Waals surface area contributed by atoms with Crippen LogP contribution >= 0.6 is 15.9 Å². The smallest absolute Gasteiger partial charge is 0.120 e. The predicted octanol–water partition coefficient (Wildman–Crippen LogP) is 8.87. The van der Waals surface area contributed by atoms with Gasteiger partial charge in [-0.25, -0.2) is 0 Å². The highest BCUT2D eigenvalue weighted by Crippen LogP contribution is 2.40. The second-order valence-electron chi connectivity index (χ2n) is 11.8. The lowest BCUT2D eigenvalue weighted by molar-refractivity contribution is -0.275. The molecule has 248 valence electrons. The fourth-order valence-corrected chi connectivity index (χ4v) is 6.41. The summed E-state index contributed by atoms with van der Waals surface area (Å²) in [6, 6.07) is 46.6. The topological polar surface area (TPSA) is 55.4 Å². The van der Waals surface area contributed by atoms with Gasteiger partial charge in [0, 0.05) is 4.47 Å². The molecule has 6 rings (SSSR count). The molecule has 1 aliphatic rings. The Morgan fingerprint density at radius 3 is 1.50 bits per heavy atom. The number of halogens is 1. The third-order valence-electron chi connectivity index (χ3n) is 8.34. The number of rotatable bonds is 15. The Labute approximate surface area is 291 Å². The Morgan fingerprint density at radius 1 is 0.542 bits per heavy atom. The Hall–Kier alpha value is -3.82. The summed E-state index contributed by atoms with van der Waals surface area (Å²) in [6.07, 6.45) is -2.52. The van der Waals surface area contributed by atoms with Gasteiger partial charge >= 0.3 is 0 Å². The van der Waals surface area contributed by atoms with Gasteiger partial charge in [0.05, 0.1) is 40.1 Å². The summed E-state index contributed by atoms with van der Waals surface area (Å²) >= 11 is 3.68. The molecule has 0 saturated carbocycles. The number of benzene rings is 5. The molecule has 0 N–H and O–H groups in total. The van der Waals surface area contributed by atoms with E-state index in [4.69, 9.17) is 28.4 Å². The van der Waals surface area contributed by atoms with E-state index in [0.29, 0.717) is 38.8 Å². The van der Waals surface area contributed by atoms with Crippen molar-refractivity contribution in [2.24, 2.45) is 0 Å². The lowest BCUT2D eigenvalue weighted by atomic mass is 9.90. The van der Waals surface area contributed by atoms with E-state index >= 15 is 0 Å². The first kappa shape index (κ1) is 34.1. The van der Waals surface area contributed by atoms with Crippen molar-refractivity contribution in [1.82, 2.24) is 0 Å². The maximum Gasteiger partial charge on any atom is 0.120 e. The summed E-state index contributed by atoms with van der Waals surface area (Å²) in [5.41, 5.74) is 5.17. The van der Waals surface area contributed by atoms with Crippen LogP contribution in [0.15, 0.2) is 144 Å². The monoisotopic (exact) mass is 708 g/mol. The standard InChI is InChI=1S/C41H41BrO6/c1-43-36-23-34(22-35(42)24-36)38-40(46-27-32-18-10-4-11-19-32)41(47-28-33-20-12-5-13-21-33)39(45-26-31-16-8-3-9-17-31)37(48-38)29-44-25-30-14-6-2-7-15-30/h2-24,37-41H,25-29H2,1H3. The molecule has 6 nitrogen and oxygen atoms in total. The van der Waals surface area contributed by atoms with Crippen LogP contribution in [0.4, 0.5) is 0 Å². The van der Waals surface area contributed by atoms with Gasteiger partial charge in [-0.3, -0.25) is 0 Å². The zero-order chi connectivity index (χ0) is 33.0. The first-order chi connectivity index (χ1) is 23.7. The third kappa shape index (κ3) is 9.41. The number of ether oxygens (including phenoxy) is 6. The Morgan fingerprint density at radius 2 is 1.00 bits per heavy atom. The average Bonchev–Trinajstić information content (AvgIpc) is 3.14. The highest BCUT2D eigenvalue weighted by Gasteiger charge is 2.49. The molecule has 48 heavy (non-hydrogen) atoms. The maximum absolute atomic E-state index is 7.02. The van der Waals surface area contributed by atoms with E-state index in [-0.39, 0.29) is 0 Å². The summed E-state index contributed by atoms with van der Waals surface area (Å²) in [7, 11) is 1.66. The minimum absolute atomic E-state index is 0.298. The largest absolute Gasteiger partial charge is 0.497 e. The van der Waals surface area contributed by atoms with Crippen LogP contribution in [0.5, 0.6) is 5.75 Å². The van der Waals surface area contributed by atoms with Crippen molar-refractivity contribution in [3.8, 4) is 5.75 Å². The van der Waals surface area contributed by atoms with Crippen LogP contribution in [-0.4, -0.2) is 38.1 Å². The summed E-state index contributed by atoms with van der Waals surface area (Å²) in [6.45, 7) is 1.89. The molecule has 0 bridgehead atoms. The minimum Gasteiger partial charge on any atom is -0.497 e. The number of hydrogen-bond donors (Lipinski definition) is 0. The van der Waals surface area contributed by atoms with Gasteiger partial charge < -0.3 is 28.4 Å². The molecule has 5 aromatic rings. The Balaban J connectivity index is 1.37. The van der Waals surface area contributed by atoms with Crippen LogP contribution < -0.4 is 4.74 Å². The molecule has 1 aliphatic heterocycles. The van der Waals surface area contributed by atoms with Crippen LogP contribution in [0.25, 0.3) is 0 Å². The van der Waals surface area contributed by atoms with Crippen molar-refractivity contribution < 1.29 is 28.4 Å². The van der Waals surface area contributed by atoms with Crippen molar-refractivity contribution in [2.45, 2.75) is 56.9 Å². The van der Waals surface area contributed by atoms with Crippen LogP contribution in [0.3, 0.4) is 0 Å². The quantitative estimate of drug-likeness (QED) is 0.108. The molecular formula is C41H41BrO6. The van der Waals surface area contributed by atoms with Crippen molar-refractivity contribution in [3.63, 3.8) is 0 Å². The maximum atomic E-state index is 7.02. The number of methoxy groups -OCH3 is 1. The van der Waals surface area contributed by atoms with Gasteiger partial charge in [0.15, 0.2) is 0 Å². The fraction of sp³-hybridized carbons (Fsp3) is 0.268. The Kier molecular flexibility index (Phi) is 12.4. The van der Waals surface area contributed by atoms with Gasteiger partial charge in [0.2, 0.25) is 0 Å². The highest BCUT2D eigenvalue weighted by molar-refractivity contribution is 9.10. The molecule has 5 aromatic carbocycles. The SMILES string of the molecule is COc1cc(Br)cc(C2OC(COCc3ccccc3)C(OCc3ccccc3)C(OCc3ccccc3)C2OCc2ccccc2)c1. The molecule has 0 spiro atoms.